The Morgan fingerprint density at radius 1 is 0.727 bits per heavy atom. The van der Waals surface area contributed by atoms with Gasteiger partial charge in [0.05, 0.1) is 11.0 Å². The topological polar surface area (TPSA) is 4.93 Å². The second kappa shape index (κ2) is 5.19. The van der Waals surface area contributed by atoms with Gasteiger partial charge in [-0.1, -0.05) is 60.7 Å². The van der Waals surface area contributed by atoms with Crippen LogP contribution in [0.3, 0.4) is 0 Å². The number of allylic oxidation sites excluding steroid dienone is 1. The third kappa shape index (κ3) is 1.94. The van der Waals surface area contributed by atoms with Crippen molar-refractivity contribution in [3.8, 4) is 5.69 Å². The second-order valence-corrected chi connectivity index (χ2v) is 5.46. The van der Waals surface area contributed by atoms with Gasteiger partial charge in [0.15, 0.2) is 0 Å². The molecule has 0 saturated heterocycles. The molecule has 4 aromatic rings. The Bertz CT molecular complexity index is 936. The fourth-order valence-corrected chi connectivity index (χ4v) is 3.16. The smallest absolute Gasteiger partial charge is 0.0541 e. The molecular formula is C21H17N. The highest BCUT2D eigenvalue weighted by Crippen LogP contribution is 2.31. The number of para-hydroxylation sites is 2. The normalized spacial score (nSPS) is 11.7. The Balaban J connectivity index is 2.10. The average Bonchev–Trinajstić information content (AvgIpc) is 2.90. The van der Waals surface area contributed by atoms with E-state index in [-0.39, 0.29) is 0 Å². The third-order valence-electron chi connectivity index (χ3n) is 4.07. The zero-order chi connectivity index (χ0) is 14.9. The van der Waals surface area contributed by atoms with E-state index >= 15 is 0 Å². The molecule has 0 spiro atoms. The quantitative estimate of drug-likeness (QED) is 0.437. The van der Waals surface area contributed by atoms with E-state index in [1.54, 1.807) is 0 Å². The van der Waals surface area contributed by atoms with Gasteiger partial charge in [-0.15, -0.1) is 0 Å². The maximum absolute atomic E-state index is 2.34. The highest BCUT2D eigenvalue weighted by Gasteiger charge is 2.10. The Morgan fingerprint density at radius 2 is 1.36 bits per heavy atom. The summed E-state index contributed by atoms with van der Waals surface area (Å²) in [6.45, 7) is 2.05. The van der Waals surface area contributed by atoms with E-state index in [1.165, 1.54) is 33.1 Å². The molecule has 1 heterocycles. The zero-order valence-electron chi connectivity index (χ0n) is 12.5. The highest BCUT2D eigenvalue weighted by molar-refractivity contribution is 6.09. The largest absolute Gasteiger partial charge is 0.309 e. The van der Waals surface area contributed by atoms with E-state index in [2.05, 4.69) is 89.5 Å². The lowest BCUT2D eigenvalue weighted by molar-refractivity contribution is 1.18. The first-order valence-electron chi connectivity index (χ1n) is 7.60. The summed E-state index contributed by atoms with van der Waals surface area (Å²) in [4.78, 5) is 0. The lowest BCUT2D eigenvalue weighted by atomic mass is 10.2. The molecule has 1 aromatic heterocycles. The molecule has 0 aliphatic rings. The minimum Gasteiger partial charge on any atom is -0.309 e. The van der Waals surface area contributed by atoms with Crippen molar-refractivity contribution in [2.24, 2.45) is 0 Å². The fraction of sp³-hybridized carbons (Fsp3) is 0.0476. The first-order chi connectivity index (χ1) is 10.9. The summed E-state index contributed by atoms with van der Waals surface area (Å²) in [6, 6.07) is 25.9. The maximum atomic E-state index is 2.34. The van der Waals surface area contributed by atoms with Gasteiger partial charge in [0.2, 0.25) is 0 Å². The Labute approximate surface area is 130 Å². The van der Waals surface area contributed by atoms with Gasteiger partial charge < -0.3 is 4.57 Å². The fourth-order valence-electron chi connectivity index (χ4n) is 3.16. The molecule has 22 heavy (non-hydrogen) atoms. The highest BCUT2D eigenvalue weighted by atomic mass is 15.0. The summed E-state index contributed by atoms with van der Waals surface area (Å²) in [6.07, 6.45) is 4.21. The van der Waals surface area contributed by atoms with Crippen LogP contribution >= 0.6 is 0 Å². The number of nitrogens with zero attached hydrogens (tertiary/aromatic N) is 1. The van der Waals surface area contributed by atoms with Crippen LogP contribution in [0.15, 0.2) is 78.9 Å². The standard InChI is InChI=1S/C21H17N/c1-2-8-16-9-7-10-17(15-16)22-20-13-5-3-11-18(20)19-12-4-6-14-21(19)22/h2-15H,1H3/b8-2+. The Morgan fingerprint density at radius 3 is 2.00 bits per heavy atom. The molecule has 0 radical (unpaired) electrons. The molecule has 0 saturated carbocycles. The lowest BCUT2D eigenvalue weighted by Crippen LogP contribution is -1.93. The van der Waals surface area contributed by atoms with Crippen LogP contribution in [0, 0.1) is 0 Å². The van der Waals surface area contributed by atoms with Gasteiger partial charge in [-0.2, -0.15) is 0 Å². The minimum atomic E-state index is 1.20. The van der Waals surface area contributed by atoms with E-state index < -0.39 is 0 Å². The second-order valence-electron chi connectivity index (χ2n) is 5.46. The van der Waals surface area contributed by atoms with Crippen molar-refractivity contribution in [1.29, 1.82) is 0 Å². The number of aromatic nitrogens is 1. The van der Waals surface area contributed by atoms with Crippen LogP contribution in [0.1, 0.15) is 12.5 Å². The molecular weight excluding hydrogens is 266 g/mol. The number of benzene rings is 3. The summed E-state index contributed by atoms with van der Waals surface area (Å²) in [7, 11) is 0. The number of rotatable bonds is 2. The average molecular weight is 283 g/mol. The molecule has 0 N–H and O–H groups in total. The molecule has 0 aliphatic heterocycles. The van der Waals surface area contributed by atoms with Crippen LogP contribution in [0.5, 0.6) is 0 Å². The third-order valence-corrected chi connectivity index (χ3v) is 4.07. The van der Waals surface area contributed by atoms with Crippen molar-refractivity contribution in [3.63, 3.8) is 0 Å². The van der Waals surface area contributed by atoms with Crippen molar-refractivity contribution in [1.82, 2.24) is 4.57 Å². The Kier molecular flexibility index (Phi) is 3.05. The van der Waals surface area contributed by atoms with E-state index in [9.17, 15) is 0 Å². The Hall–Kier alpha value is -2.80. The predicted octanol–water partition coefficient (Wildman–Crippen LogP) is 5.82. The molecule has 4 rings (SSSR count). The summed E-state index contributed by atoms with van der Waals surface area (Å²) in [5.74, 6) is 0. The van der Waals surface area contributed by atoms with Crippen LogP contribution in [-0.4, -0.2) is 4.57 Å². The monoisotopic (exact) mass is 283 g/mol. The van der Waals surface area contributed by atoms with Gasteiger partial charge in [-0.25, -0.2) is 0 Å². The van der Waals surface area contributed by atoms with Gasteiger partial charge in [-0.3, -0.25) is 0 Å². The number of fused-ring (bicyclic) bond motifs is 3. The van der Waals surface area contributed by atoms with E-state index in [4.69, 9.17) is 0 Å². The van der Waals surface area contributed by atoms with Crippen LogP contribution in [-0.2, 0) is 0 Å². The summed E-state index contributed by atoms with van der Waals surface area (Å²) < 4.78 is 2.34. The molecule has 0 amide bonds. The van der Waals surface area contributed by atoms with Crippen LogP contribution in [0.25, 0.3) is 33.6 Å². The summed E-state index contributed by atoms with van der Waals surface area (Å²) in [5, 5.41) is 2.60. The van der Waals surface area contributed by atoms with Crippen LogP contribution in [0.2, 0.25) is 0 Å². The molecule has 0 aliphatic carbocycles. The SMILES string of the molecule is C/C=C/c1cccc(-n2c3ccccc3c3ccccc32)c1. The van der Waals surface area contributed by atoms with Crippen LogP contribution in [0.4, 0.5) is 0 Å². The first kappa shape index (κ1) is 12.9. The molecule has 1 heteroatoms. The van der Waals surface area contributed by atoms with Crippen molar-refractivity contribution >= 4 is 27.9 Å². The predicted molar refractivity (Wildman–Crippen MR) is 95.5 cm³/mol. The molecule has 0 fully saturated rings. The lowest BCUT2D eigenvalue weighted by Gasteiger charge is -2.08. The van der Waals surface area contributed by atoms with E-state index in [0.717, 1.165) is 0 Å². The number of hydrogen-bond acceptors (Lipinski definition) is 0. The molecule has 0 unspecified atom stereocenters. The van der Waals surface area contributed by atoms with Gasteiger partial charge >= 0.3 is 0 Å². The minimum absolute atomic E-state index is 1.20. The molecule has 0 bridgehead atoms. The van der Waals surface area contributed by atoms with Gasteiger partial charge in [-0.05, 0) is 36.8 Å². The molecule has 3 aromatic carbocycles. The van der Waals surface area contributed by atoms with Crippen molar-refractivity contribution in [2.75, 3.05) is 0 Å². The molecule has 106 valence electrons. The summed E-state index contributed by atoms with van der Waals surface area (Å²) in [5.41, 5.74) is 4.93. The van der Waals surface area contributed by atoms with Crippen molar-refractivity contribution in [3.05, 3.63) is 84.4 Å². The first-order valence-corrected chi connectivity index (χ1v) is 7.60. The maximum Gasteiger partial charge on any atom is 0.0541 e. The zero-order valence-corrected chi connectivity index (χ0v) is 12.5. The summed E-state index contributed by atoms with van der Waals surface area (Å²) >= 11 is 0. The van der Waals surface area contributed by atoms with E-state index in [1.807, 2.05) is 6.92 Å². The van der Waals surface area contributed by atoms with Gasteiger partial charge in [0, 0.05) is 16.5 Å². The van der Waals surface area contributed by atoms with E-state index in [0.29, 0.717) is 0 Å². The number of hydrogen-bond donors (Lipinski definition) is 0. The molecule has 0 atom stereocenters. The van der Waals surface area contributed by atoms with Crippen molar-refractivity contribution < 1.29 is 0 Å². The van der Waals surface area contributed by atoms with Crippen LogP contribution < -0.4 is 0 Å². The van der Waals surface area contributed by atoms with Crippen molar-refractivity contribution in [2.45, 2.75) is 6.92 Å². The molecule has 1 nitrogen and oxygen atoms in total. The van der Waals surface area contributed by atoms with Gasteiger partial charge in [0.1, 0.15) is 0 Å². The van der Waals surface area contributed by atoms with Gasteiger partial charge in [0.25, 0.3) is 0 Å².